The van der Waals surface area contributed by atoms with Crippen molar-refractivity contribution >= 4 is 5.82 Å². The summed E-state index contributed by atoms with van der Waals surface area (Å²) in [6.45, 7) is 5.65. The Morgan fingerprint density at radius 1 is 0.906 bits per heavy atom. The van der Waals surface area contributed by atoms with Crippen LogP contribution >= 0.6 is 0 Å². The van der Waals surface area contributed by atoms with Gasteiger partial charge in [-0.1, -0.05) is 36.4 Å². The molecule has 2 aliphatic rings. The van der Waals surface area contributed by atoms with E-state index in [4.69, 9.17) is 9.84 Å². The molecule has 2 saturated heterocycles. The van der Waals surface area contributed by atoms with Crippen LogP contribution < -0.4 is 4.90 Å². The second-order valence-corrected chi connectivity index (χ2v) is 8.88. The molecule has 0 saturated carbocycles. The van der Waals surface area contributed by atoms with E-state index in [0.29, 0.717) is 12.0 Å². The molecule has 1 aromatic carbocycles. The average molecular weight is 433 g/mol. The van der Waals surface area contributed by atoms with Gasteiger partial charge in [0.2, 0.25) is 0 Å². The third kappa shape index (κ3) is 4.69. The molecule has 3 aromatic rings. The molecular formula is C25H32N6O. The van der Waals surface area contributed by atoms with Crippen molar-refractivity contribution in [3.63, 3.8) is 0 Å². The first kappa shape index (κ1) is 21.1. The summed E-state index contributed by atoms with van der Waals surface area (Å²) in [4.78, 5) is 9.34. The predicted molar refractivity (Wildman–Crippen MR) is 125 cm³/mol. The second-order valence-electron chi connectivity index (χ2n) is 8.88. The third-order valence-corrected chi connectivity index (χ3v) is 6.80. The lowest BCUT2D eigenvalue weighted by Gasteiger charge is -2.32. The van der Waals surface area contributed by atoms with Gasteiger partial charge in [0, 0.05) is 45.4 Å². The van der Waals surface area contributed by atoms with Crippen LogP contribution in [0.5, 0.6) is 0 Å². The maximum Gasteiger partial charge on any atom is 0.147 e. The van der Waals surface area contributed by atoms with Crippen molar-refractivity contribution < 1.29 is 4.74 Å². The van der Waals surface area contributed by atoms with Crippen LogP contribution in [-0.2, 0) is 17.8 Å². The van der Waals surface area contributed by atoms with Crippen LogP contribution in [-0.4, -0.2) is 64.0 Å². The monoisotopic (exact) mass is 432 g/mol. The van der Waals surface area contributed by atoms with Gasteiger partial charge in [0.15, 0.2) is 0 Å². The van der Waals surface area contributed by atoms with Gasteiger partial charge in [-0.15, -0.1) is 10.2 Å². The van der Waals surface area contributed by atoms with Crippen molar-refractivity contribution in [2.24, 2.45) is 0 Å². The summed E-state index contributed by atoms with van der Waals surface area (Å²) >= 11 is 0. The average Bonchev–Trinajstić information content (AvgIpc) is 3.48. The lowest BCUT2D eigenvalue weighted by Crippen LogP contribution is -2.34. The van der Waals surface area contributed by atoms with E-state index >= 15 is 0 Å². The first-order valence-corrected chi connectivity index (χ1v) is 11.7. The number of likely N-dealkylation sites (tertiary alicyclic amines) is 1. The van der Waals surface area contributed by atoms with Gasteiger partial charge >= 0.3 is 0 Å². The second kappa shape index (κ2) is 9.79. The van der Waals surface area contributed by atoms with E-state index in [-0.39, 0.29) is 0 Å². The van der Waals surface area contributed by atoms with Gasteiger partial charge in [-0.25, -0.2) is 4.98 Å². The van der Waals surface area contributed by atoms with Crippen LogP contribution in [0.2, 0.25) is 0 Å². The van der Waals surface area contributed by atoms with Gasteiger partial charge in [0.1, 0.15) is 17.5 Å². The van der Waals surface area contributed by atoms with Gasteiger partial charge < -0.3 is 14.2 Å². The molecule has 2 aromatic heterocycles. The zero-order valence-electron chi connectivity index (χ0n) is 18.8. The topological polar surface area (TPSA) is 59.3 Å². The largest absolute Gasteiger partial charge is 0.380 e. The fourth-order valence-corrected chi connectivity index (χ4v) is 4.95. The van der Waals surface area contributed by atoms with E-state index in [1.807, 2.05) is 19.4 Å². The zero-order valence-corrected chi connectivity index (χ0v) is 18.8. The summed E-state index contributed by atoms with van der Waals surface area (Å²) in [6.07, 6.45) is 5.42. The molecule has 32 heavy (non-hydrogen) atoms. The molecule has 1 unspecified atom stereocenters. The number of ether oxygens (including phenoxy) is 1. The van der Waals surface area contributed by atoms with Gasteiger partial charge in [-0.2, -0.15) is 0 Å². The summed E-state index contributed by atoms with van der Waals surface area (Å²) in [5, 5.41) is 9.42. The summed E-state index contributed by atoms with van der Waals surface area (Å²) in [7, 11) is 1.81. The molecule has 0 spiro atoms. The molecule has 2 aliphatic heterocycles. The molecule has 7 heteroatoms. The Hall–Kier alpha value is -2.77. The molecule has 7 nitrogen and oxygen atoms in total. The van der Waals surface area contributed by atoms with Gasteiger partial charge in [-0.05, 0) is 37.0 Å². The normalized spacial score (nSPS) is 20.2. The van der Waals surface area contributed by atoms with E-state index in [1.165, 1.54) is 5.56 Å². The highest BCUT2D eigenvalue weighted by Crippen LogP contribution is 2.30. The van der Waals surface area contributed by atoms with Crippen molar-refractivity contribution in [2.45, 2.75) is 44.4 Å². The Bertz CT molecular complexity index is 984. The van der Waals surface area contributed by atoms with Crippen molar-refractivity contribution in [2.75, 3.05) is 38.2 Å². The summed E-state index contributed by atoms with van der Waals surface area (Å²) in [5.74, 6) is 3.68. The van der Waals surface area contributed by atoms with Crippen molar-refractivity contribution in [1.82, 2.24) is 24.6 Å². The first-order chi connectivity index (χ1) is 15.8. The highest BCUT2D eigenvalue weighted by Gasteiger charge is 2.29. The Balaban J connectivity index is 1.34. The number of aromatic nitrogens is 4. The molecule has 0 amide bonds. The minimum absolute atomic E-state index is 0.330. The van der Waals surface area contributed by atoms with Crippen LogP contribution in [0.1, 0.15) is 42.4 Å². The Labute approximate surface area is 190 Å². The minimum Gasteiger partial charge on any atom is -0.380 e. The molecule has 168 valence electrons. The van der Waals surface area contributed by atoms with Crippen LogP contribution in [0.25, 0.3) is 0 Å². The van der Waals surface area contributed by atoms with Crippen LogP contribution in [0.4, 0.5) is 5.82 Å². The molecule has 0 N–H and O–H groups in total. The number of rotatable bonds is 7. The first-order valence-electron chi connectivity index (χ1n) is 11.7. The number of anilines is 1. The van der Waals surface area contributed by atoms with Crippen molar-refractivity contribution in [3.8, 4) is 0 Å². The third-order valence-electron chi connectivity index (χ3n) is 6.80. The molecule has 0 radical (unpaired) electrons. The number of benzene rings is 1. The highest BCUT2D eigenvalue weighted by atomic mass is 16.5. The smallest absolute Gasteiger partial charge is 0.147 e. The van der Waals surface area contributed by atoms with Crippen LogP contribution in [0, 0.1) is 0 Å². The minimum atomic E-state index is 0.330. The Morgan fingerprint density at radius 2 is 1.72 bits per heavy atom. The number of hydrogen-bond donors (Lipinski definition) is 0. The van der Waals surface area contributed by atoms with E-state index in [2.05, 4.69) is 66.9 Å². The van der Waals surface area contributed by atoms with Gasteiger partial charge in [0.05, 0.1) is 19.2 Å². The number of nitrogens with zero attached hydrogens (tertiary/aromatic N) is 6. The van der Waals surface area contributed by atoms with Crippen molar-refractivity contribution in [3.05, 3.63) is 71.9 Å². The van der Waals surface area contributed by atoms with E-state index in [9.17, 15) is 0 Å². The number of hydrogen-bond acceptors (Lipinski definition) is 6. The molecule has 2 fully saturated rings. The van der Waals surface area contributed by atoms with Crippen LogP contribution in [0.15, 0.2) is 54.7 Å². The molecule has 0 bridgehead atoms. The molecular weight excluding hydrogens is 400 g/mol. The summed E-state index contributed by atoms with van der Waals surface area (Å²) < 4.78 is 7.93. The summed E-state index contributed by atoms with van der Waals surface area (Å²) in [5.41, 5.74) is 1.29. The van der Waals surface area contributed by atoms with E-state index in [1.54, 1.807) is 0 Å². The van der Waals surface area contributed by atoms with E-state index in [0.717, 1.165) is 76.0 Å². The molecule has 1 atom stereocenters. The Morgan fingerprint density at radius 3 is 2.44 bits per heavy atom. The van der Waals surface area contributed by atoms with Gasteiger partial charge in [-0.3, -0.25) is 4.90 Å². The fourth-order valence-electron chi connectivity index (χ4n) is 4.95. The summed E-state index contributed by atoms with van der Waals surface area (Å²) in [6, 6.07) is 16.8. The highest BCUT2D eigenvalue weighted by molar-refractivity contribution is 5.38. The lowest BCUT2D eigenvalue weighted by atomic mass is 9.95. The standard InChI is InChI=1S/C25H32N6O/c1-32-22-12-14-29(18-22)19-24-27-28-25(31(24)17-20-7-3-2-4-8-20)21-10-15-30(16-11-21)23-9-5-6-13-26-23/h2-9,13,21-22H,10-12,14-19H2,1H3. The van der Waals surface area contributed by atoms with Gasteiger partial charge in [0.25, 0.3) is 0 Å². The Kier molecular flexibility index (Phi) is 6.46. The maximum absolute atomic E-state index is 5.56. The SMILES string of the molecule is COC1CCN(Cc2nnc(C3CCN(c4ccccn4)CC3)n2Cc2ccccc2)C1. The molecule has 0 aliphatic carbocycles. The maximum atomic E-state index is 5.56. The van der Waals surface area contributed by atoms with Crippen molar-refractivity contribution in [1.29, 1.82) is 0 Å². The molecule has 5 rings (SSSR count). The zero-order chi connectivity index (χ0) is 21.8. The van der Waals surface area contributed by atoms with Crippen LogP contribution in [0.3, 0.4) is 0 Å². The number of pyridine rings is 1. The fraction of sp³-hybridized carbons (Fsp3) is 0.480. The number of methoxy groups -OCH3 is 1. The lowest BCUT2D eigenvalue weighted by molar-refractivity contribution is 0.107. The van der Waals surface area contributed by atoms with E-state index < -0.39 is 0 Å². The quantitative estimate of drug-likeness (QED) is 0.571. The predicted octanol–water partition coefficient (Wildman–Crippen LogP) is 3.33. The number of piperidine rings is 1. The molecule has 4 heterocycles.